The zero-order valence-electron chi connectivity index (χ0n) is 15.8. The Morgan fingerprint density at radius 1 is 1.07 bits per heavy atom. The van der Waals surface area contributed by atoms with Gasteiger partial charge in [-0.05, 0) is 42.0 Å². The highest BCUT2D eigenvalue weighted by molar-refractivity contribution is 5.99. The third kappa shape index (κ3) is 4.18. The van der Waals surface area contributed by atoms with Crippen LogP contribution in [0.5, 0.6) is 0 Å². The summed E-state index contributed by atoms with van der Waals surface area (Å²) in [5.41, 5.74) is 3.64. The van der Waals surface area contributed by atoms with Crippen molar-refractivity contribution in [2.75, 3.05) is 26.2 Å². The van der Waals surface area contributed by atoms with Gasteiger partial charge in [-0.1, -0.05) is 12.1 Å². The van der Waals surface area contributed by atoms with Crippen molar-refractivity contribution < 1.29 is 9.18 Å². The molecule has 0 atom stereocenters. The van der Waals surface area contributed by atoms with Crippen LogP contribution in [0.3, 0.4) is 0 Å². The number of nitrogens with one attached hydrogen (secondary N) is 1. The minimum Gasteiger partial charge on any atom is -0.336 e. The van der Waals surface area contributed by atoms with Crippen LogP contribution < -0.4 is 0 Å². The number of carbonyl (C=O) groups excluding carboxylic acids is 1. The van der Waals surface area contributed by atoms with E-state index in [0.717, 1.165) is 30.8 Å². The molecule has 2 heterocycles. The molecule has 6 nitrogen and oxygen atoms in total. The highest BCUT2D eigenvalue weighted by Crippen LogP contribution is 2.23. The molecule has 0 spiro atoms. The molecular formula is C22H20FN5O. The number of halogens is 1. The van der Waals surface area contributed by atoms with Crippen molar-refractivity contribution in [2.24, 2.45) is 0 Å². The van der Waals surface area contributed by atoms with Crippen LogP contribution >= 0.6 is 0 Å². The summed E-state index contributed by atoms with van der Waals surface area (Å²) in [7, 11) is 0. The van der Waals surface area contributed by atoms with E-state index >= 15 is 0 Å². The van der Waals surface area contributed by atoms with Crippen LogP contribution in [-0.4, -0.2) is 52.1 Å². The average Bonchev–Trinajstić information content (AvgIpc) is 3.25. The zero-order valence-corrected chi connectivity index (χ0v) is 15.8. The number of H-pyrrole nitrogens is 1. The van der Waals surface area contributed by atoms with Crippen molar-refractivity contribution in [1.82, 2.24) is 20.0 Å². The molecule has 1 amide bonds. The molecule has 0 radical (unpaired) electrons. The second kappa shape index (κ2) is 8.25. The Morgan fingerprint density at radius 3 is 2.41 bits per heavy atom. The van der Waals surface area contributed by atoms with Gasteiger partial charge in [-0.2, -0.15) is 10.4 Å². The van der Waals surface area contributed by atoms with Crippen LogP contribution in [0.1, 0.15) is 21.5 Å². The van der Waals surface area contributed by atoms with Crippen LogP contribution in [0.2, 0.25) is 0 Å². The van der Waals surface area contributed by atoms with Gasteiger partial charge in [0.15, 0.2) is 0 Å². The van der Waals surface area contributed by atoms with E-state index in [4.69, 9.17) is 5.26 Å². The van der Waals surface area contributed by atoms with Gasteiger partial charge < -0.3 is 4.90 Å². The topological polar surface area (TPSA) is 76.0 Å². The van der Waals surface area contributed by atoms with Gasteiger partial charge in [-0.3, -0.25) is 14.8 Å². The predicted octanol–water partition coefficient (Wildman–Crippen LogP) is 3.05. The van der Waals surface area contributed by atoms with Crippen molar-refractivity contribution in [3.05, 3.63) is 77.2 Å². The van der Waals surface area contributed by atoms with E-state index in [9.17, 15) is 9.18 Å². The first kappa shape index (κ1) is 18.8. The third-order valence-corrected chi connectivity index (χ3v) is 5.15. The number of piperazine rings is 1. The first-order chi connectivity index (χ1) is 14.1. The van der Waals surface area contributed by atoms with Gasteiger partial charge in [0.05, 0.1) is 29.1 Å². The largest absolute Gasteiger partial charge is 0.336 e. The number of aromatic nitrogens is 2. The maximum atomic E-state index is 13.2. The van der Waals surface area contributed by atoms with Crippen molar-refractivity contribution in [2.45, 2.75) is 6.54 Å². The molecule has 0 bridgehead atoms. The van der Waals surface area contributed by atoms with Crippen LogP contribution in [0.15, 0.2) is 54.7 Å². The van der Waals surface area contributed by atoms with E-state index in [1.54, 1.807) is 12.1 Å². The maximum Gasteiger partial charge on any atom is 0.257 e. The fraction of sp³-hybridized carbons (Fsp3) is 0.227. The molecule has 7 heteroatoms. The molecular weight excluding hydrogens is 369 g/mol. The lowest BCUT2D eigenvalue weighted by Gasteiger charge is -2.34. The summed E-state index contributed by atoms with van der Waals surface area (Å²) in [5.74, 6) is -0.393. The molecule has 0 saturated carbocycles. The highest BCUT2D eigenvalue weighted by atomic mass is 19.1. The van der Waals surface area contributed by atoms with Crippen molar-refractivity contribution in [3.63, 3.8) is 0 Å². The fourth-order valence-electron chi connectivity index (χ4n) is 3.51. The minimum absolute atomic E-state index is 0.0731. The first-order valence-corrected chi connectivity index (χ1v) is 9.44. The lowest BCUT2D eigenvalue weighted by molar-refractivity contribution is 0.0629. The van der Waals surface area contributed by atoms with Crippen LogP contribution in [-0.2, 0) is 6.54 Å². The first-order valence-electron chi connectivity index (χ1n) is 9.44. The Bertz CT molecular complexity index is 1030. The van der Waals surface area contributed by atoms with Crippen molar-refractivity contribution in [3.8, 4) is 17.3 Å². The molecule has 1 N–H and O–H groups in total. The minimum atomic E-state index is -0.320. The molecule has 4 rings (SSSR count). The predicted molar refractivity (Wildman–Crippen MR) is 106 cm³/mol. The Kier molecular flexibility index (Phi) is 5.36. The molecule has 1 saturated heterocycles. The van der Waals surface area contributed by atoms with E-state index in [2.05, 4.69) is 21.2 Å². The number of nitriles is 1. The summed E-state index contributed by atoms with van der Waals surface area (Å²) in [4.78, 5) is 17.1. The van der Waals surface area contributed by atoms with Crippen molar-refractivity contribution >= 4 is 5.91 Å². The van der Waals surface area contributed by atoms with Gasteiger partial charge in [0, 0.05) is 38.3 Å². The number of hydrogen-bond acceptors (Lipinski definition) is 4. The molecule has 0 unspecified atom stereocenters. The van der Waals surface area contributed by atoms with Gasteiger partial charge in [-0.15, -0.1) is 0 Å². The fourth-order valence-corrected chi connectivity index (χ4v) is 3.51. The SMILES string of the molecule is N#Cc1ccc(CN2CCN(C(=O)c3cn[nH]c3-c3ccc(F)cc3)CC2)cc1. The summed E-state index contributed by atoms with van der Waals surface area (Å²) in [5, 5.41) is 15.8. The molecule has 1 aromatic heterocycles. The third-order valence-electron chi connectivity index (χ3n) is 5.15. The molecule has 3 aromatic rings. The van der Waals surface area contributed by atoms with E-state index in [1.165, 1.54) is 18.3 Å². The molecule has 29 heavy (non-hydrogen) atoms. The number of rotatable bonds is 4. The van der Waals surface area contributed by atoms with E-state index in [-0.39, 0.29) is 11.7 Å². The van der Waals surface area contributed by atoms with Crippen LogP contribution in [0.25, 0.3) is 11.3 Å². The highest BCUT2D eigenvalue weighted by Gasteiger charge is 2.25. The Hall–Kier alpha value is -3.50. The normalized spacial score (nSPS) is 14.6. The molecule has 146 valence electrons. The second-order valence-electron chi connectivity index (χ2n) is 7.04. The second-order valence-corrected chi connectivity index (χ2v) is 7.04. The average molecular weight is 389 g/mol. The number of carbonyl (C=O) groups is 1. The van der Waals surface area contributed by atoms with Gasteiger partial charge >= 0.3 is 0 Å². The standard InChI is InChI=1S/C22H20FN5O/c23-19-7-5-18(6-8-19)21-20(14-25-26-21)22(29)28-11-9-27(10-12-28)15-17-3-1-16(13-24)2-4-17/h1-8,14H,9-12,15H2,(H,25,26). The number of nitrogens with zero attached hydrogens (tertiary/aromatic N) is 4. The Balaban J connectivity index is 1.39. The summed E-state index contributed by atoms with van der Waals surface area (Å²) in [6, 6.07) is 15.7. The molecule has 1 fully saturated rings. The zero-order chi connectivity index (χ0) is 20.2. The number of benzene rings is 2. The number of amides is 1. The maximum absolute atomic E-state index is 13.2. The van der Waals surface area contributed by atoms with Gasteiger partial charge in [0.1, 0.15) is 5.82 Å². The number of hydrogen-bond donors (Lipinski definition) is 1. The molecule has 2 aromatic carbocycles. The van der Waals surface area contributed by atoms with E-state index in [1.807, 2.05) is 29.2 Å². The molecule has 1 aliphatic rings. The number of aromatic amines is 1. The lowest BCUT2D eigenvalue weighted by Crippen LogP contribution is -2.48. The van der Waals surface area contributed by atoms with Crippen LogP contribution in [0, 0.1) is 17.1 Å². The Labute approximate surface area is 168 Å². The van der Waals surface area contributed by atoms with E-state index in [0.29, 0.717) is 29.9 Å². The quantitative estimate of drug-likeness (QED) is 0.744. The summed E-state index contributed by atoms with van der Waals surface area (Å²) >= 11 is 0. The van der Waals surface area contributed by atoms with Crippen LogP contribution in [0.4, 0.5) is 4.39 Å². The monoisotopic (exact) mass is 389 g/mol. The summed E-state index contributed by atoms with van der Waals surface area (Å²) < 4.78 is 13.2. The smallest absolute Gasteiger partial charge is 0.257 e. The lowest BCUT2D eigenvalue weighted by atomic mass is 10.1. The molecule has 0 aliphatic carbocycles. The van der Waals surface area contributed by atoms with Gasteiger partial charge in [0.25, 0.3) is 5.91 Å². The summed E-state index contributed by atoms with van der Waals surface area (Å²) in [6.45, 7) is 3.59. The Morgan fingerprint density at radius 2 is 1.76 bits per heavy atom. The van der Waals surface area contributed by atoms with Gasteiger partial charge in [0.2, 0.25) is 0 Å². The van der Waals surface area contributed by atoms with Crippen molar-refractivity contribution in [1.29, 1.82) is 5.26 Å². The summed E-state index contributed by atoms with van der Waals surface area (Å²) in [6.07, 6.45) is 1.53. The van der Waals surface area contributed by atoms with Gasteiger partial charge in [-0.25, -0.2) is 4.39 Å². The molecule has 1 aliphatic heterocycles. The van der Waals surface area contributed by atoms with E-state index < -0.39 is 0 Å².